The Kier molecular flexibility index (Phi) is 6.45. The Morgan fingerprint density at radius 2 is 1.84 bits per heavy atom. The van der Waals surface area contributed by atoms with Crippen molar-refractivity contribution >= 4 is 11.8 Å². The Morgan fingerprint density at radius 1 is 1.16 bits per heavy atom. The van der Waals surface area contributed by atoms with Gasteiger partial charge in [-0.3, -0.25) is 9.59 Å². The van der Waals surface area contributed by atoms with Gasteiger partial charge >= 0.3 is 6.18 Å². The van der Waals surface area contributed by atoms with Gasteiger partial charge in [0, 0.05) is 25.4 Å². The van der Waals surface area contributed by atoms with Crippen LogP contribution in [-0.4, -0.2) is 29.8 Å². The lowest BCUT2D eigenvalue weighted by Crippen LogP contribution is -2.41. The molecule has 1 heterocycles. The van der Waals surface area contributed by atoms with Crippen LogP contribution in [0.1, 0.15) is 43.2 Å². The van der Waals surface area contributed by atoms with Crippen LogP contribution in [0, 0.1) is 5.92 Å². The Balaban J connectivity index is 1.71. The molecule has 0 bridgehead atoms. The number of primary amides is 1. The highest BCUT2D eigenvalue weighted by Gasteiger charge is 2.30. The van der Waals surface area contributed by atoms with Gasteiger partial charge in [0.15, 0.2) is 0 Å². The van der Waals surface area contributed by atoms with Crippen LogP contribution in [-0.2, 0) is 22.2 Å². The summed E-state index contributed by atoms with van der Waals surface area (Å²) in [6.07, 6.45) is -0.948. The number of halogens is 3. The summed E-state index contributed by atoms with van der Waals surface area (Å²) in [5, 5.41) is 0. The molecular formula is C18H23F3N2O2. The smallest absolute Gasteiger partial charge is 0.369 e. The van der Waals surface area contributed by atoms with E-state index in [1.165, 1.54) is 6.07 Å². The second kappa shape index (κ2) is 8.36. The van der Waals surface area contributed by atoms with Crippen LogP contribution in [0.2, 0.25) is 0 Å². The first kappa shape index (κ1) is 19.3. The number of piperidine rings is 1. The van der Waals surface area contributed by atoms with Gasteiger partial charge in [0.25, 0.3) is 0 Å². The minimum Gasteiger partial charge on any atom is -0.369 e. The van der Waals surface area contributed by atoms with Crippen LogP contribution in [0.15, 0.2) is 24.3 Å². The minimum absolute atomic E-state index is 0.0342. The summed E-state index contributed by atoms with van der Waals surface area (Å²) in [5.41, 5.74) is 5.26. The van der Waals surface area contributed by atoms with Crippen LogP contribution >= 0.6 is 0 Å². The second-order valence-corrected chi connectivity index (χ2v) is 6.46. The Morgan fingerprint density at radius 3 is 2.44 bits per heavy atom. The minimum atomic E-state index is -4.33. The molecule has 4 nitrogen and oxygen atoms in total. The summed E-state index contributed by atoms with van der Waals surface area (Å²) in [6.45, 7) is 1.08. The summed E-state index contributed by atoms with van der Waals surface area (Å²) >= 11 is 0. The number of unbranched alkanes of at least 4 members (excludes halogenated alkanes) is 1. The largest absolute Gasteiger partial charge is 0.416 e. The second-order valence-electron chi connectivity index (χ2n) is 6.46. The molecule has 1 aromatic carbocycles. The van der Waals surface area contributed by atoms with Gasteiger partial charge in [-0.05, 0) is 43.7 Å². The van der Waals surface area contributed by atoms with Crippen molar-refractivity contribution in [3.8, 4) is 0 Å². The normalized spacial score (nSPS) is 16.0. The molecule has 0 saturated carbocycles. The molecule has 0 unspecified atom stereocenters. The quantitative estimate of drug-likeness (QED) is 0.796. The fraction of sp³-hybridized carbons (Fsp3) is 0.556. The van der Waals surface area contributed by atoms with Crippen LogP contribution in [0.4, 0.5) is 13.2 Å². The fourth-order valence-electron chi connectivity index (χ4n) is 3.08. The molecule has 1 fully saturated rings. The predicted octanol–water partition coefficient (Wildman–Crippen LogP) is 3.14. The van der Waals surface area contributed by atoms with E-state index >= 15 is 0 Å². The summed E-state index contributed by atoms with van der Waals surface area (Å²) in [4.78, 5) is 25.0. The molecule has 0 spiro atoms. The number of nitrogens with two attached hydrogens (primary N) is 1. The molecule has 1 aliphatic rings. The maximum atomic E-state index is 12.7. The van der Waals surface area contributed by atoms with Crippen LogP contribution in [0.3, 0.4) is 0 Å². The van der Waals surface area contributed by atoms with E-state index in [-0.39, 0.29) is 17.7 Å². The number of nitrogens with zero attached hydrogens (tertiary/aromatic N) is 1. The molecule has 0 aliphatic carbocycles. The van der Waals surface area contributed by atoms with Crippen molar-refractivity contribution in [3.05, 3.63) is 35.4 Å². The van der Waals surface area contributed by atoms with Gasteiger partial charge in [-0.25, -0.2) is 0 Å². The molecule has 2 amide bonds. The molecule has 0 aromatic heterocycles. The lowest BCUT2D eigenvalue weighted by molar-refractivity contribution is -0.137. The fourth-order valence-corrected chi connectivity index (χ4v) is 3.08. The molecular weight excluding hydrogens is 333 g/mol. The number of aryl methyl sites for hydroxylation is 1. The molecule has 138 valence electrons. The van der Waals surface area contributed by atoms with Gasteiger partial charge in [0.1, 0.15) is 0 Å². The number of hydrogen-bond acceptors (Lipinski definition) is 2. The first-order valence-corrected chi connectivity index (χ1v) is 8.50. The molecule has 7 heteroatoms. The molecule has 2 N–H and O–H groups in total. The van der Waals surface area contributed by atoms with Crippen molar-refractivity contribution in [1.82, 2.24) is 4.90 Å². The summed E-state index contributed by atoms with van der Waals surface area (Å²) < 4.78 is 38.0. The zero-order valence-electron chi connectivity index (χ0n) is 14.0. The third-order valence-corrected chi connectivity index (χ3v) is 4.61. The summed E-state index contributed by atoms with van der Waals surface area (Å²) in [6, 6.07) is 5.30. The van der Waals surface area contributed by atoms with E-state index in [2.05, 4.69) is 0 Å². The van der Waals surface area contributed by atoms with Gasteiger partial charge in [0.05, 0.1) is 5.56 Å². The molecule has 0 radical (unpaired) electrons. The maximum Gasteiger partial charge on any atom is 0.416 e. The summed E-state index contributed by atoms with van der Waals surface area (Å²) in [5.74, 6) is -0.426. The molecule has 0 atom stereocenters. The Hall–Kier alpha value is -2.05. The first-order chi connectivity index (χ1) is 11.8. The number of benzene rings is 1. The SMILES string of the molecule is NC(=O)C1CCN(C(=O)CCCCc2cccc(C(F)(F)F)c2)CC1. The van der Waals surface area contributed by atoms with E-state index in [1.807, 2.05) is 0 Å². The van der Waals surface area contributed by atoms with Crippen LogP contribution in [0.25, 0.3) is 0 Å². The number of carbonyl (C=O) groups is 2. The maximum absolute atomic E-state index is 12.7. The van der Waals surface area contributed by atoms with Gasteiger partial charge in [-0.2, -0.15) is 13.2 Å². The molecule has 2 rings (SSSR count). The van der Waals surface area contributed by atoms with Crippen molar-refractivity contribution in [3.63, 3.8) is 0 Å². The van der Waals surface area contributed by atoms with E-state index in [1.54, 1.807) is 11.0 Å². The van der Waals surface area contributed by atoms with Crippen LogP contribution in [0.5, 0.6) is 0 Å². The molecule has 25 heavy (non-hydrogen) atoms. The van der Waals surface area contributed by atoms with E-state index in [0.717, 1.165) is 12.1 Å². The van der Waals surface area contributed by atoms with Crippen molar-refractivity contribution in [1.29, 1.82) is 0 Å². The third kappa shape index (κ3) is 5.76. The number of likely N-dealkylation sites (tertiary alicyclic amines) is 1. The zero-order valence-corrected chi connectivity index (χ0v) is 14.0. The van der Waals surface area contributed by atoms with Crippen molar-refractivity contribution in [2.45, 2.75) is 44.7 Å². The standard InChI is InChI=1S/C18H23F3N2O2/c19-18(20,21)15-6-3-5-13(12-15)4-1-2-7-16(24)23-10-8-14(9-11-23)17(22)25/h3,5-6,12,14H,1-2,4,7-11H2,(H2,22,25). The van der Waals surface area contributed by atoms with Crippen molar-refractivity contribution in [2.75, 3.05) is 13.1 Å². The molecule has 1 aromatic rings. The lowest BCUT2D eigenvalue weighted by Gasteiger charge is -2.30. The highest BCUT2D eigenvalue weighted by molar-refractivity contribution is 5.78. The topological polar surface area (TPSA) is 63.4 Å². The number of rotatable bonds is 6. The number of amides is 2. The number of alkyl halides is 3. The Labute approximate surface area is 145 Å². The molecule has 1 aliphatic heterocycles. The molecule has 1 saturated heterocycles. The summed E-state index contributed by atoms with van der Waals surface area (Å²) in [7, 11) is 0. The highest BCUT2D eigenvalue weighted by Crippen LogP contribution is 2.29. The van der Waals surface area contributed by atoms with E-state index in [4.69, 9.17) is 5.73 Å². The van der Waals surface area contributed by atoms with E-state index in [9.17, 15) is 22.8 Å². The average Bonchev–Trinajstić information content (AvgIpc) is 2.58. The van der Waals surface area contributed by atoms with E-state index in [0.29, 0.717) is 57.2 Å². The third-order valence-electron chi connectivity index (χ3n) is 4.61. The number of carbonyl (C=O) groups excluding carboxylic acids is 2. The van der Waals surface area contributed by atoms with Crippen molar-refractivity contribution in [2.24, 2.45) is 11.7 Å². The van der Waals surface area contributed by atoms with Gasteiger partial charge < -0.3 is 10.6 Å². The predicted molar refractivity (Wildman–Crippen MR) is 87.5 cm³/mol. The van der Waals surface area contributed by atoms with Gasteiger partial charge in [-0.1, -0.05) is 18.2 Å². The van der Waals surface area contributed by atoms with Gasteiger partial charge in [-0.15, -0.1) is 0 Å². The zero-order chi connectivity index (χ0) is 18.4. The lowest BCUT2D eigenvalue weighted by atomic mass is 9.96. The van der Waals surface area contributed by atoms with E-state index < -0.39 is 11.7 Å². The van der Waals surface area contributed by atoms with Crippen LogP contribution < -0.4 is 5.73 Å². The number of hydrogen-bond donors (Lipinski definition) is 1. The Bertz CT molecular complexity index is 609. The van der Waals surface area contributed by atoms with Gasteiger partial charge in [0.2, 0.25) is 11.8 Å². The first-order valence-electron chi connectivity index (χ1n) is 8.50. The highest BCUT2D eigenvalue weighted by atomic mass is 19.4. The average molecular weight is 356 g/mol. The monoisotopic (exact) mass is 356 g/mol. The van der Waals surface area contributed by atoms with Crippen molar-refractivity contribution < 1.29 is 22.8 Å².